The fourth-order valence-electron chi connectivity index (χ4n) is 2.03. The van der Waals surface area contributed by atoms with Gasteiger partial charge < -0.3 is 20.1 Å². The molecule has 1 aliphatic heterocycles. The van der Waals surface area contributed by atoms with E-state index in [0.717, 1.165) is 4.57 Å². The predicted molar refractivity (Wildman–Crippen MR) is 71.8 cm³/mol. The van der Waals surface area contributed by atoms with E-state index in [1.54, 1.807) is 22.6 Å². The zero-order valence-corrected chi connectivity index (χ0v) is 12.1. The number of nitrogens with zero attached hydrogens (tertiary/aromatic N) is 1. The molecule has 1 aromatic rings. The van der Waals surface area contributed by atoms with Gasteiger partial charge >= 0.3 is 5.69 Å². The molecule has 9 heteroatoms. The zero-order valence-electron chi connectivity index (χ0n) is 9.91. The Hall–Kier alpha value is -0.750. The van der Waals surface area contributed by atoms with E-state index >= 15 is 0 Å². The highest BCUT2D eigenvalue weighted by Crippen LogP contribution is 2.29. The molecule has 0 unspecified atom stereocenters. The van der Waals surface area contributed by atoms with Crippen LogP contribution in [0, 0.1) is 10.5 Å². The summed E-state index contributed by atoms with van der Waals surface area (Å²) in [6.45, 7) is 1.05. The molecule has 0 radical (unpaired) electrons. The Kier molecular flexibility index (Phi) is 4.11. The van der Waals surface area contributed by atoms with Gasteiger partial charge in [-0.15, -0.1) is 0 Å². The molecule has 2 heterocycles. The minimum atomic E-state index is -1.37. The van der Waals surface area contributed by atoms with Crippen LogP contribution < -0.4 is 11.2 Å². The third kappa shape index (κ3) is 2.36. The predicted octanol–water partition coefficient (Wildman–Crippen LogP) is -1.94. The van der Waals surface area contributed by atoms with Gasteiger partial charge in [0.2, 0.25) is 0 Å². The zero-order chi connectivity index (χ0) is 14.3. The van der Waals surface area contributed by atoms with Crippen molar-refractivity contribution >= 4 is 22.6 Å². The molecule has 2 rings (SSSR count). The normalized spacial score (nSPS) is 30.8. The van der Waals surface area contributed by atoms with Gasteiger partial charge in [0.1, 0.15) is 18.3 Å². The SMILES string of the molecule is Cc1c(I)c(=O)[nH]c(=O)n1[C@@H]1O[C@H](CO)[C@@H](O)[C@H]1O. The van der Waals surface area contributed by atoms with Crippen LogP contribution in [-0.2, 0) is 4.74 Å². The third-order valence-corrected chi connectivity index (χ3v) is 4.36. The van der Waals surface area contributed by atoms with Crippen molar-refractivity contribution in [1.29, 1.82) is 0 Å². The van der Waals surface area contributed by atoms with Crippen molar-refractivity contribution in [2.75, 3.05) is 6.61 Å². The lowest BCUT2D eigenvalue weighted by Crippen LogP contribution is -2.40. The molecule has 0 amide bonds. The highest BCUT2D eigenvalue weighted by atomic mass is 127. The Labute approximate surface area is 120 Å². The molecule has 19 heavy (non-hydrogen) atoms. The van der Waals surface area contributed by atoms with Gasteiger partial charge in [-0.25, -0.2) is 4.79 Å². The molecule has 1 fully saturated rings. The Morgan fingerprint density at radius 2 is 2.00 bits per heavy atom. The number of H-pyrrole nitrogens is 1. The summed E-state index contributed by atoms with van der Waals surface area (Å²) >= 11 is 1.77. The molecule has 0 saturated carbocycles. The fourth-order valence-corrected chi connectivity index (χ4v) is 2.43. The summed E-state index contributed by atoms with van der Waals surface area (Å²) < 4.78 is 6.61. The van der Waals surface area contributed by atoms with Crippen molar-refractivity contribution in [2.45, 2.75) is 31.5 Å². The molecule has 8 nitrogen and oxygen atoms in total. The smallest absolute Gasteiger partial charge is 0.330 e. The summed E-state index contributed by atoms with van der Waals surface area (Å²) in [4.78, 5) is 25.3. The molecular formula is C10H13IN2O6. The van der Waals surface area contributed by atoms with Crippen LogP contribution in [0.15, 0.2) is 9.59 Å². The van der Waals surface area contributed by atoms with E-state index < -0.39 is 42.4 Å². The highest BCUT2D eigenvalue weighted by Gasteiger charge is 2.44. The second-order valence-electron chi connectivity index (χ2n) is 4.26. The lowest BCUT2D eigenvalue weighted by Gasteiger charge is -2.20. The van der Waals surface area contributed by atoms with E-state index in [1.807, 2.05) is 0 Å². The van der Waals surface area contributed by atoms with Gasteiger partial charge in [-0.1, -0.05) is 0 Å². The lowest BCUT2D eigenvalue weighted by molar-refractivity contribution is -0.0560. The molecule has 0 aliphatic carbocycles. The third-order valence-electron chi connectivity index (χ3n) is 3.09. The number of aromatic amines is 1. The fraction of sp³-hybridized carbons (Fsp3) is 0.600. The van der Waals surface area contributed by atoms with Crippen LogP contribution in [0.2, 0.25) is 0 Å². The molecule has 1 aliphatic rings. The number of halogens is 1. The topological polar surface area (TPSA) is 125 Å². The minimum absolute atomic E-state index is 0.287. The first-order valence-corrected chi connectivity index (χ1v) is 6.59. The van der Waals surface area contributed by atoms with Crippen LogP contribution in [0.5, 0.6) is 0 Å². The summed E-state index contributed by atoms with van der Waals surface area (Å²) in [5.74, 6) is 0. The second-order valence-corrected chi connectivity index (χ2v) is 5.34. The van der Waals surface area contributed by atoms with Gasteiger partial charge in [-0.2, -0.15) is 0 Å². The number of aliphatic hydroxyl groups is 3. The van der Waals surface area contributed by atoms with Gasteiger partial charge in [-0.3, -0.25) is 14.3 Å². The summed E-state index contributed by atoms with van der Waals surface area (Å²) in [7, 11) is 0. The number of rotatable bonds is 2. The van der Waals surface area contributed by atoms with Crippen LogP contribution >= 0.6 is 22.6 Å². The maximum absolute atomic E-state index is 11.8. The molecular weight excluding hydrogens is 371 g/mol. The van der Waals surface area contributed by atoms with Gasteiger partial charge in [0.25, 0.3) is 5.56 Å². The average molecular weight is 384 g/mol. The van der Waals surface area contributed by atoms with Gasteiger partial charge in [-0.05, 0) is 29.5 Å². The molecule has 1 aromatic heterocycles. The standard InChI is InChI=1S/C10H13IN2O6/c1-3-5(11)8(17)12-10(18)13(3)9-7(16)6(15)4(2-14)19-9/h4,6-7,9,14-16H,2H2,1H3,(H,12,17,18)/t4-,6-,7-,9-/m1/s1. The van der Waals surface area contributed by atoms with E-state index in [4.69, 9.17) is 9.84 Å². The average Bonchev–Trinajstić information content (AvgIpc) is 2.64. The quantitative estimate of drug-likeness (QED) is 0.440. The second kappa shape index (κ2) is 5.32. The van der Waals surface area contributed by atoms with Gasteiger partial charge in [0, 0.05) is 5.69 Å². The van der Waals surface area contributed by atoms with Crippen molar-refractivity contribution in [3.05, 3.63) is 30.1 Å². The van der Waals surface area contributed by atoms with Crippen LogP contribution in [0.3, 0.4) is 0 Å². The van der Waals surface area contributed by atoms with E-state index in [1.165, 1.54) is 6.92 Å². The number of ether oxygens (including phenoxy) is 1. The number of hydrogen-bond donors (Lipinski definition) is 4. The van der Waals surface area contributed by atoms with Crippen LogP contribution in [-0.4, -0.2) is 49.8 Å². The van der Waals surface area contributed by atoms with Crippen LogP contribution in [0.25, 0.3) is 0 Å². The molecule has 106 valence electrons. The number of aliphatic hydroxyl groups excluding tert-OH is 3. The lowest BCUT2D eigenvalue weighted by atomic mass is 10.1. The first-order chi connectivity index (χ1) is 8.88. The van der Waals surface area contributed by atoms with Crippen molar-refractivity contribution in [3.63, 3.8) is 0 Å². The monoisotopic (exact) mass is 384 g/mol. The Morgan fingerprint density at radius 1 is 1.37 bits per heavy atom. The van der Waals surface area contributed by atoms with E-state index in [0.29, 0.717) is 5.69 Å². The number of nitrogens with one attached hydrogen (secondary N) is 1. The maximum atomic E-state index is 11.8. The van der Waals surface area contributed by atoms with Crippen molar-refractivity contribution in [3.8, 4) is 0 Å². The summed E-state index contributed by atoms with van der Waals surface area (Å²) in [5.41, 5.74) is -0.937. The van der Waals surface area contributed by atoms with Crippen LogP contribution in [0.1, 0.15) is 11.9 Å². The number of hydrogen-bond acceptors (Lipinski definition) is 6. The highest BCUT2D eigenvalue weighted by molar-refractivity contribution is 14.1. The first-order valence-electron chi connectivity index (χ1n) is 5.51. The van der Waals surface area contributed by atoms with Gasteiger partial charge in [0.05, 0.1) is 10.2 Å². The number of aromatic nitrogens is 2. The van der Waals surface area contributed by atoms with Crippen LogP contribution in [0.4, 0.5) is 0 Å². The Bertz CT molecular complexity index is 597. The van der Waals surface area contributed by atoms with Crippen molar-refractivity contribution in [2.24, 2.45) is 0 Å². The first kappa shape index (κ1) is 14.7. The minimum Gasteiger partial charge on any atom is -0.394 e. The molecule has 4 N–H and O–H groups in total. The molecule has 4 atom stereocenters. The summed E-state index contributed by atoms with van der Waals surface area (Å²) in [6.07, 6.45) is -4.79. The molecule has 1 saturated heterocycles. The Balaban J connectivity index is 2.52. The molecule has 0 bridgehead atoms. The Morgan fingerprint density at radius 3 is 2.53 bits per heavy atom. The summed E-state index contributed by atoms with van der Waals surface area (Å²) in [5, 5.41) is 28.6. The van der Waals surface area contributed by atoms with Crippen molar-refractivity contribution in [1.82, 2.24) is 9.55 Å². The summed E-state index contributed by atoms with van der Waals surface area (Å²) in [6, 6.07) is 0. The molecule has 0 aromatic carbocycles. The van der Waals surface area contributed by atoms with E-state index in [2.05, 4.69) is 4.98 Å². The largest absolute Gasteiger partial charge is 0.394 e. The van der Waals surface area contributed by atoms with Crippen molar-refractivity contribution < 1.29 is 20.1 Å². The van der Waals surface area contributed by atoms with Gasteiger partial charge in [0.15, 0.2) is 6.23 Å². The molecule has 0 spiro atoms. The maximum Gasteiger partial charge on any atom is 0.330 e. The van der Waals surface area contributed by atoms with E-state index in [-0.39, 0.29) is 3.57 Å². The van der Waals surface area contributed by atoms with E-state index in [9.17, 15) is 19.8 Å².